The van der Waals surface area contributed by atoms with E-state index in [9.17, 15) is 13.2 Å². The zero-order valence-electron chi connectivity index (χ0n) is 11.8. The Bertz CT molecular complexity index is 588. The molecule has 0 saturated carbocycles. The number of halogens is 3. The van der Waals surface area contributed by atoms with Crippen molar-refractivity contribution in [1.82, 2.24) is 0 Å². The van der Waals surface area contributed by atoms with Gasteiger partial charge in [-0.25, -0.2) is 0 Å². The smallest absolute Gasteiger partial charge is 0.325 e. The van der Waals surface area contributed by atoms with E-state index in [4.69, 9.17) is 5.73 Å². The lowest BCUT2D eigenvalue weighted by atomic mass is 9.87. The summed E-state index contributed by atoms with van der Waals surface area (Å²) in [5, 5.41) is 0. The molecule has 0 saturated heterocycles. The molecule has 0 bridgehead atoms. The van der Waals surface area contributed by atoms with Crippen molar-refractivity contribution in [2.75, 3.05) is 0 Å². The van der Waals surface area contributed by atoms with Crippen molar-refractivity contribution in [3.8, 4) is 0 Å². The third-order valence-electron chi connectivity index (χ3n) is 3.31. The third kappa shape index (κ3) is 4.60. The first-order chi connectivity index (χ1) is 9.76. The predicted molar refractivity (Wildman–Crippen MR) is 77.9 cm³/mol. The van der Waals surface area contributed by atoms with E-state index >= 15 is 0 Å². The topological polar surface area (TPSA) is 26.0 Å². The molecule has 1 unspecified atom stereocenters. The molecule has 0 amide bonds. The summed E-state index contributed by atoms with van der Waals surface area (Å²) in [6.07, 6.45) is -3.31. The van der Waals surface area contributed by atoms with Gasteiger partial charge in [-0.05, 0) is 37.0 Å². The molecule has 0 spiro atoms. The molecule has 0 aromatic heterocycles. The summed E-state index contributed by atoms with van der Waals surface area (Å²) in [5.41, 5.74) is 6.72. The first kappa shape index (κ1) is 15.6. The molecular weight excluding hydrogens is 275 g/mol. The number of hydrogen-bond donors (Lipinski definition) is 1. The highest BCUT2D eigenvalue weighted by Crippen LogP contribution is 2.30. The molecule has 0 aliphatic rings. The first-order valence-electron chi connectivity index (χ1n) is 6.75. The van der Waals surface area contributed by atoms with Crippen LogP contribution < -0.4 is 5.73 Å². The van der Waals surface area contributed by atoms with E-state index in [1.807, 2.05) is 37.3 Å². The highest BCUT2D eigenvalue weighted by molar-refractivity contribution is 5.28. The van der Waals surface area contributed by atoms with Crippen molar-refractivity contribution in [2.45, 2.75) is 31.5 Å². The van der Waals surface area contributed by atoms with E-state index in [0.717, 1.165) is 11.6 Å². The number of rotatable bonds is 4. The summed E-state index contributed by atoms with van der Waals surface area (Å²) in [6, 6.07) is 15.1. The maximum atomic E-state index is 12.7. The van der Waals surface area contributed by atoms with Crippen LogP contribution in [0.3, 0.4) is 0 Å². The molecule has 21 heavy (non-hydrogen) atoms. The van der Waals surface area contributed by atoms with Gasteiger partial charge in [-0.15, -0.1) is 0 Å². The summed E-state index contributed by atoms with van der Waals surface area (Å²) in [5.74, 6) is 0. The van der Waals surface area contributed by atoms with Crippen molar-refractivity contribution in [2.24, 2.45) is 5.73 Å². The average molecular weight is 293 g/mol. The Kier molecular flexibility index (Phi) is 4.37. The van der Waals surface area contributed by atoms with Gasteiger partial charge in [0.1, 0.15) is 0 Å². The summed E-state index contributed by atoms with van der Waals surface area (Å²) < 4.78 is 38.1. The molecule has 0 fully saturated rings. The lowest BCUT2D eigenvalue weighted by Gasteiger charge is -2.25. The van der Waals surface area contributed by atoms with Crippen molar-refractivity contribution in [3.63, 3.8) is 0 Å². The van der Waals surface area contributed by atoms with Crippen LogP contribution in [0.25, 0.3) is 0 Å². The zero-order valence-corrected chi connectivity index (χ0v) is 11.8. The van der Waals surface area contributed by atoms with Gasteiger partial charge in [0, 0.05) is 5.54 Å². The highest BCUT2D eigenvalue weighted by atomic mass is 19.4. The fourth-order valence-electron chi connectivity index (χ4n) is 2.45. The van der Waals surface area contributed by atoms with E-state index in [0.29, 0.717) is 18.4 Å². The van der Waals surface area contributed by atoms with Crippen LogP contribution in [-0.2, 0) is 19.0 Å². The largest absolute Gasteiger partial charge is 0.416 e. The van der Waals surface area contributed by atoms with Gasteiger partial charge in [0.25, 0.3) is 0 Å². The fourth-order valence-corrected chi connectivity index (χ4v) is 2.45. The number of benzene rings is 2. The normalized spacial score (nSPS) is 14.7. The van der Waals surface area contributed by atoms with Gasteiger partial charge in [0.15, 0.2) is 0 Å². The van der Waals surface area contributed by atoms with Crippen LogP contribution >= 0.6 is 0 Å². The van der Waals surface area contributed by atoms with Crippen LogP contribution in [0.2, 0.25) is 0 Å². The molecule has 2 aromatic carbocycles. The summed E-state index contributed by atoms with van der Waals surface area (Å²) >= 11 is 0. The lowest BCUT2D eigenvalue weighted by Crippen LogP contribution is -2.40. The minimum atomic E-state index is -4.32. The molecule has 4 heteroatoms. The molecule has 2 aromatic rings. The minimum absolute atomic E-state index is 0.395. The molecule has 0 aliphatic heterocycles. The molecule has 0 heterocycles. The Balaban J connectivity index is 2.13. The van der Waals surface area contributed by atoms with Crippen molar-refractivity contribution in [3.05, 3.63) is 71.3 Å². The number of alkyl halides is 3. The van der Waals surface area contributed by atoms with Gasteiger partial charge in [-0.3, -0.25) is 0 Å². The standard InChI is InChI=1S/C17H18F3N/c1-16(21,11-13-6-3-2-4-7-13)12-14-8-5-9-15(10-14)17(18,19)20/h2-10H,11-12,21H2,1H3. The predicted octanol–water partition coefficient (Wildman–Crippen LogP) is 4.21. The molecule has 1 nitrogen and oxygen atoms in total. The second-order valence-corrected chi connectivity index (χ2v) is 5.69. The Hall–Kier alpha value is -1.81. The lowest BCUT2D eigenvalue weighted by molar-refractivity contribution is -0.137. The van der Waals surface area contributed by atoms with E-state index in [-0.39, 0.29) is 0 Å². The van der Waals surface area contributed by atoms with Crippen molar-refractivity contribution in [1.29, 1.82) is 0 Å². The van der Waals surface area contributed by atoms with Crippen LogP contribution in [0, 0.1) is 0 Å². The molecular formula is C17H18F3N. The van der Waals surface area contributed by atoms with Gasteiger partial charge in [0.2, 0.25) is 0 Å². The minimum Gasteiger partial charge on any atom is -0.325 e. The van der Waals surface area contributed by atoms with Gasteiger partial charge < -0.3 is 5.73 Å². The van der Waals surface area contributed by atoms with Gasteiger partial charge in [-0.1, -0.05) is 48.5 Å². The van der Waals surface area contributed by atoms with E-state index in [1.54, 1.807) is 6.07 Å². The molecule has 2 N–H and O–H groups in total. The number of nitrogens with two attached hydrogens (primary N) is 1. The summed E-state index contributed by atoms with van der Waals surface area (Å²) in [6.45, 7) is 1.86. The van der Waals surface area contributed by atoms with Crippen molar-refractivity contribution < 1.29 is 13.2 Å². The van der Waals surface area contributed by atoms with Crippen LogP contribution in [0.4, 0.5) is 13.2 Å². The summed E-state index contributed by atoms with van der Waals surface area (Å²) in [4.78, 5) is 0. The third-order valence-corrected chi connectivity index (χ3v) is 3.31. The van der Waals surface area contributed by atoms with E-state index in [2.05, 4.69) is 0 Å². The Labute approximate surface area is 122 Å². The molecule has 112 valence electrons. The summed E-state index contributed by atoms with van der Waals surface area (Å²) in [7, 11) is 0. The Morgan fingerprint density at radius 2 is 1.43 bits per heavy atom. The zero-order chi connectivity index (χ0) is 15.5. The fraction of sp³-hybridized carbons (Fsp3) is 0.294. The van der Waals surface area contributed by atoms with E-state index < -0.39 is 17.3 Å². The van der Waals surface area contributed by atoms with Crippen LogP contribution in [0.5, 0.6) is 0 Å². The monoisotopic (exact) mass is 293 g/mol. The van der Waals surface area contributed by atoms with Crippen LogP contribution in [0.1, 0.15) is 23.6 Å². The van der Waals surface area contributed by atoms with Gasteiger partial charge in [0.05, 0.1) is 5.56 Å². The average Bonchev–Trinajstić information content (AvgIpc) is 2.38. The Morgan fingerprint density at radius 3 is 2.05 bits per heavy atom. The SMILES string of the molecule is CC(N)(Cc1ccccc1)Cc1cccc(C(F)(F)F)c1. The van der Waals surface area contributed by atoms with Gasteiger partial charge in [-0.2, -0.15) is 13.2 Å². The quantitative estimate of drug-likeness (QED) is 0.898. The molecule has 0 radical (unpaired) electrons. The molecule has 1 atom stereocenters. The number of hydrogen-bond acceptors (Lipinski definition) is 1. The Morgan fingerprint density at radius 1 is 0.857 bits per heavy atom. The maximum Gasteiger partial charge on any atom is 0.416 e. The highest BCUT2D eigenvalue weighted by Gasteiger charge is 2.31. The second-order valence-electron chi connectivity index (χ2n) is 5.69. The first-order valence-corrected chi connectivity index (χ1v) is 6.75. The molecule has 2 rings (SSSR count). The van der Waals surface area contributed by atoms with Crippen LogP contribution in [-0.4, -0.2) is 5.54 Å². The van der Waals surface area contributed by atoms with Gasteiger partial charge >= 0.3 is 6.18 Å². The second kappa shape index (κ2) is 5.90. The maximum absolute atomic E-state index is 12.7. The molecule has 0 aliphatic carbocycles. The van der Waals surface area contributed by atoms with E-state index in [1.165, 1.54) is 12.1 Å². The van der Waals surface area contributed by atoms with Crippen molar-refractivity contribution >= 4 is 0 Å². The van der Waals surface area contributed by atoms with Crippen LogP contribution in [0.15, 0.2) is 54.6 Å².